The van der Waals surface area contributed by atoms with Crippen molar-refractivity contribution in [3.63, 3.8) is 0 Å². The summed E-state index contributed by atoms with van der Waals surface area (Å²) in [6.07, 6.45) is -0.0304. The SMILES string of the molecule is O=C(CCNC(=O)c1ccc2cccc(OCc3ccc(Br)cc3)c2n1)NO. The molecule has 3 aromatic rings. The van der Waals surface area contributed by atoms with Crippen LogP contribution in [-0.4, -0.2) is 28.6 Å². The molecule has 3 rings (SSSR count). The van der Waals surface area contributed by atoms with Crippen molar-refractivity contribution in [3.05, 3.63) is 70.3 Å². The van der Waals surface area contributed by atoms with E-state index in [0.717, 1.165) is 15.4 Å². The molecule has 8 heteroatoms. The highest BCUT2D eigenvalue weighted by atomic mass is 79.9. The number of benzene rings is 2. The number of ether oxygens (including phenoxy) is 1. The molecule has 144 valence electrons. The summed E-state index contributed by atoms with van der Waals surface area (Å²) in [5.41, 5.74) is 3.33. The van der Waals surface area contributed by atoms with Gasteiger partial charge in [-0.05, 0) is 29.8 Å². The maximum absolute atomic E-state index is 12.3. The summed E-state index contributed by atoms with van der Waals surface area (Å²) in [6.45, 7) is 0.466. The third-order valence-corrected chi connectivity index (χ3v) is 4.51. The van der Waals surface area contributed by atoms with Crippen LogP contribution in [-0.2, 0) is 11.4 Å². The topological polar surface area (TPSA) is 101 Å². The molecule has 0 unspecified atom stereocenters. The molecule has 0 bridgehead atoms. The van der Waals surface area contributed by atoms with Crippen LogP contribution in [0.3, 0.4) is 0 Å². The lowest BCUT2D eigenvalue weighted by Gasteiger charge is -2.10. The van der Waals surface area contributed by atoms with Crippen LogP contribution in [0.4, 0.5) is 0 Å². The van der Waals surface area contributed by atoms with Gasteiger partial charge in [0.2, 0.25) is 5.91 Å². The lowest BCUT2D eigenvalue weighted by atomic mass is 10.2. The van der Waals surface area contributed by atoms with Gasteiger partial charge in [0.15, 0.2) is 0 Å². The second-order valence-electron chi connectivity index (χ2n) is 5.98. The van der Waals surface area contributed by atoms with E-state index in [-0.39, 0.29) is 18.7 Å². The minimum atomic E-state index is -0.574. The molecule has 0 atom stereocenters. The van der Waals surface area contributed by atoms with Crippen LogP contribution >= 0.6 is 15.9 Å². The molecular weight excluding hydrogens is 426 g/mol. The smallest absolute Gasteiger partial charge is 0.269 e. The second-order valence-corrected chi connectivity index (χ2v) is 6.90. The zero-order chi connectivity index (χ0) is 19.9. The zero-order valence-electron chi connectivity index (χ0n) is 14.8. The largest absolute Gasteiger partial charge is 0.487 e. The van der Waals surface area contributed by atoms with E-state index in [1.54, 1.807) is 12.1 Å². The Bertz CT molecular complexity index is 992. The fourth-order valence-corrected chi connectivity index (χ4v) is 2.80. The van der Waals surface area contributed by atoms with Gasteiger partial charge in [-0.25, -0.2) is 10.5 Å². The van der Waals surface area contributed by atoms with Crippen molar-refractivity contribution < 1.29 is 19.5 Å². The maximum atomic E-state index is 12.3. The number of pyridine rings is 1. The molecule has 1 heterocycles. The Morgan fingerprint density at radius 1 is 1.07 bits per heavy atom. The van der Waals surface area contributed by atoms with E-state index in [4.69, 9.17) is 9.94 Å². The number of amides is 2. The van der Waals surface area contributed by atoms with E-state index >= 15 is 0 Å². The lowest BCUT2D eigenvalue weighted by molar-refractivity contribution is -0.129. The predicted octanol–water partition coefficient (Wildman–Crippen LogP) is 3.20. The zero-order valence-corrected chi connectivity index (χ0v) is 16.4. The van der Waals surface area contributed by atoms with E-state index < -0.39 is 11.8 Å². The van der Waals surface area contributed by atoms with E-state index in [0.29, 0.717) is 17.9 Å². The average Bonchev–Trinajstić information content (AvgIpc) is 2.72. The van der Waals surface area contributed by atoms with Crippen LogP contribution in [0.1, 0.15) is 22.5 Å². The molecule has 0 saturated heterocycles. The van der Waals surface area contributed by atoms with Crippen molar-refractivity contribution in [3.8, 4) is 5.75 Å². The monoisotopic (exact) mass is 443 g/mol. The van der Waals surface area contributed by atoms with Gasteiger partial charge >= 0.3 is 0 Å². The number of halogens is 1. The first kappa shape index (κ1) is 19.8. The summed E-state index contributed by atoms with van der Waals surface area (Å²) in [5.74, 6) is -0.402. The second kappa shape index (κ2) is 9.29. The van der Waals surface area contributed by atoms with Gasteiger partial charge in [-0.2, -0.15) is 0 Å². The van der Waals surface area contributed by atoms with Crippen molar-refractivity contribution >= 4 is 38.6 Å². The summed E-state index contributed by atoms with van der Waals surface area (Å²) < 4.78 is 6.91. The normalized spacial score (nSPS) is 10.5. The fraction of sp³-hybridized carbons (Fsp3) is 0.150. The van der Waals surface area contributed by atoms with Gasteiger partial charge in [-0.1, -0.05) is 46.3 Å². The van der Waals surface area contributed by atoms with Crippen molar-refractivity contribution in [1.29, 1.82) is 0 Å². The number of fused-ring (bicyclic) bond motifs is 1. The highest BCUT2D eigenvalue weighted by Gasteiger charge is 2.11. The standard InChI is InChI=1S/C20H18BrN3O4/c21-15-7-4-13(5-8-15)12-28-17-3-1-2-14-6-9-16(23-19(14)17)20(26)22-11-10-18(25)24-27/h1-9,27H,10-12H2,(H,22,26)(H,24,25). The van der Waals surface area contributed by atoms with Gasteiger partial charge in [0.1, 0.15) is 23.6 Å². The summed E-state index contributed by atoms with van der Waals surface area (Å²) in [6, 6.07) is 16.8. The Hall–Kier alpha value is -2.97. The molecule has 28 heavy (non-hydrogen) atoms. The molecule has 2 amide bonds. The van der Waals surface area contributed by atoms with Crippen molar-refractivity contribution in [2.24, 2.45) is 0 Å². The quantitative estimate of drug-likeness (QED) is 0.384. The Morgan fingerprint density at radius 3 is 2.61 bits per heavy atom. The molecule has 1 aromatic heterocycles. The number of carbonyl (C=O) groups is 2. The number of nitrogens with zero attached hydrogens (tertiary/aromatic N) is 1. The van der Waals surface area contributed by atoms with Gasteiger partial charge < -0.3 is 10.1 Å². The highest BCUT2D eigenvalue weighted by molar-refractivity contribution is 9.10. The number of rotatable bonds is 7. The summed E-state index contributed by atoms with van der Waals surface area (Å²) in [7, 11) is 0. The fourth-order valence-electron chi connectivity index (χ4n) is 2.54. The predicted molar refractivity (Wildman–Crippen MR) is 107 cm³/mol. The molecule has 7 nitrogen and oxygen atoms in total. The summed E-state index contributed by atoms with van der Waals surface area (Å²) >= 11 is 3.40. The summed E-state index contributed by atoms with van der Waals surface area (Å²) in [4.78, 5) is 27.7. The van der Waals surface area contributed by atoms with Crippen LogP contribution < -0.4 is 15.5 Å². The van der Waals surface area contributed by atoms with Gasteiger partial charge in [-0.15, -0.1) is 0 Å². The lowest BCUT2D eigenvalue weighted by Crippen LogP contribution is -2.29. The van der Waals surface area contributed by atoms with E-state index in [1.165, 1.54) is 5.48 Å². The third kappa shape index (κ3) is 5.05. The number of carbonyl (C=O) groups excluding carboxylic acids is 2. The van der Waals surface area contributed by atoms with Gasteiger partial charge in [-0.3, -0.25) is 14.8 Å². The molecule has 3 N–H and O–H groups in total. The van der Waals surface area contributed by atoms with Gasteiger partial charge in [0.25, 0.3) is 5.91 Å². The van der Waals surface area contributed by atoms with Crippen LogP contribution in [0.2, 0.25) is 0 Å². The van der Waals surface area contributed by atoms with Crippen LogP contribution in [0.15, 0.2) is 59.1 Å². The number of para-hydroxylation sites is 1. The first-order chi connectivity index (χ1) is 13.6. The Balaban J connectivity index is 1.74. The van der Waals surface area contributed by atoms with Crippen LogP contribution in [0.5, 0.6) is 5.75 Å². The highest BCUT2D eigenvalue weighted by Crippen LogP contribution is 2.25. The third-order valence-electron chi connectivity index (χ3n) is 3.99. The van der Waals surface area contributed by atoms with Crippen LogP contribution in [0, 0.1) is 0 Å². The van der Waals surface area contributed by atoms with Crippen molar-refractivity contribution in [2.75, 3.05) is 6.54 Å². The first-order valence-electron chi connectivity index (χ1n) is 8.55. The van der Waals surface area contributed by atoms with E-state index in [9.17, 15) is 9.59 Å². The number of nitrogens with one attached hydrogen (secondary N) is 2. The first-order valence-corrected chi connectivity index (χ1v) is 9.34. The van der Waals surface area contributed by atoms with Crippen LogP contribution in [0.25, 0.3) is 10.9 Å². The molecular formula is C20H18BrN3O4. The molecule has 0 aliphatic rings. The minimum Gasteiger partial charge on any atom is -0.487 e. The molecule has 0 fully saturated rings. The minimum absolute atomic E-state index is 0.0304. The average molecular weight is 444 g/mol. The Kier molecular flexibility index (Phi) is 6.57. The summed E-state index contributed by atoms with van der Waals surface area (Å²) in [5, 5.41) is 11.9. The van der Waals surface area contributed by atoms with Gasteiger partial charge in [0.05, 0.1) is 0 Å². The molecule has 0 spiro atoms. The molecule has 0 aliphatic carbocycles. The molecule has 0 aliphatic heterocycles. The Morgan fingerprint density at radius 2 is 1.86 bits per heavy atom. The molecule has 0 radical (unpaired) electrons. The number of hydrogen-bond donors (Lipinski definition) is 3. The Labute approximate surface area is 169 Å². The maximum Gasteiger partial charge on any atom is 0.269 e. The van der Waals surface area contributed by atoms with Gasteiger partial charge in [0, 0.05) is 22.8 Å². The van der Waals surface area contributed by atoms with E-state index in [1.807, 2.05) is 42.5 Å². The number of hydrogen-bond acceptors (Lipinski definition) is 5. The number of aromatic nitrogens is 1. The molecule has 2 aromatic carbocycles. The molecule has 0 saturated carbocycles. The van der Waals surface area contributed by atoms with Crippen molar-refractivity contribution in [1.82, 2.24) is 15.8 Å². The van der Waals surface area contributed by atoms with E-state index in [2.05, 4.69) is 26.2 Å². The number of hydroxylamine groups is 1. The van der Waals surface area contributed by atoms with Crippen molar-refractivity contribution in [2.45, 2.75) is 13.0 Å².